The molecule has 1 rings (SSSR count). The second-order valence-corrected chi connectivity index (χ2v) is 3.22. The van der Waals surface area contributed by atoms with Crippen molar-refractivity contribution in [2.75, 3.05) is 6.26 Å². The summed E-state index contributed by atoms with van der Waals surface area (Å²) in [6.45, 7) is 2.00. The maximum atomic E-state index is 5.74. The Morgan fingerprint density at radius 3 is 3.00 bits per heavy atom. The third-order valence-electron chi connectivity index (χ3n) is 1.13. The van der Waals surface area contributed by atoms with E-state index in [1.54, 1.807) is 11.8 Å². The predicted molar refractivity (Wildman–Crippen MR) is 47.5 cm³/mol. The average molecular weight is 177 g/mol. The van der Waals surface area contributed by atoms with Crippen LogP contribution in [-0.2, 0) is 0 Å². The lowest BCUT2D eigenvalue weighted by atomic mass is 10.3. The number of halogens is 1. The van der Waals surface area contributed by atoms with Crippen LogP contribution in [0.4, 0.5) is 0 Å². The summed E-state index contributed by atoms with van der Waals surface area (Å²) in [6, 6.07) is 0.205. The summed E-state index contributed by atoms with van der Waals surface area (Å²) in [7, 11) is 0. The molecule has 1 N–H and O–H groups in total. The van der Waals surface area contributed by atoms with Crippen LogP contribution in [-0.4, -0.2) is 17.5 Å². The summed E-state index contributed by atoms with van der Waals surface area (Å²) in [6.07, 6.45) is 3.84. The molecule has 0 bridgehead atoms. The highest BCUT2D eigenvalue weighted by atomic mass is 35.5. The van der Waals surface area contributed by atoms with E-state index in [1.165, 1.54) is 0 Å². The minimum absolute atomic E-state index is 0.205. The maximum absolute atomic E-state index is 5.74. The van der Waals surface area contributed by atoms with Gasteiger partial charge >= 0.3 is 0 Å². The lowest BCUT2D eigenvalue weighted by molar-refractivity contribution is 0.887. The molecular weight excluding hydrogens is 168 g/mol. The normalized spacial score (nSPS) is 24.9. The number of hydrogen-bond donors (Lipinski definition) is 1. The fraction of sp³-hybridized carbons (Fsp3) is 0.500. The lowest BCUT2D eigenvalue weighted by Gasteiger charge is -2.13. The van der Waals surface area contributed by atoms with Crippen molar-refractivity contribution in [3.63, 3.8) is 0 Å². The van der Waals surface area contributed by atoms with Gasteiger partial charge in [-0.1, -0.05) is 23.4 Å². The maximum Gasteiger partial charge on any atom is 0.161 e. The van der Waals surface area contributed by atoms with E-state index in [9.17, 15) is 0 Å². The number of hydrogen-bond acceptors (Lipinski definition) is 3. The van der Waals surface area contributed by atoms with Crippen LogP contribution >= 0.6 is 23.4 Å². The van der Waals surface area contributed by atoms with Crippen molar-refractivity contribution in [2.24, 2.45) is 4.99 Å². The topological polar surface area (TPSA) is 24.4 Å². The molecule has 1 atom stereocenters. The Hall–Kier alpha value is -0.150. The van der Waals surface area contributed by atoms with Crippen molar-refractivity contribution in [2.45, 2.75) is 13.0 Å². The third-order valence-corrected chi connectivity index (χ3v) is 1.94. The molecule has 0 amide bonds. The van der Waals surface area contributed by atoms with Crippen molar-refractivity contribution < 1.29 is 0 Å². The smallest absolute Gasteiger partial charge is 0.161 e. The highest BCUT2D eigenvalue weighted by Crippen LogP contribution is 2.11. The molecule has 56 valence electrons. The van der Waals surface area contributed by atoms with Gasteiger partial charge in [0.2, 0.25) is 0 Å². The Morgan fingerprint density at radius 2 is 2.50 bits per heavy atom. The fourth-order valence-electron chi connectivity index (χ4n) is 0.714. The van der Waals surface area contributed by atoms with E-state index >= 15 is 0 Å². The summed E-state index contributed by atoms with van der Waals surface area (Å²) < 4.78 is 0. The Labute approximate surface area is 69.7 Å². The van der Waals surface area contributed by atoms with Crippen LogP contribution in [0, 0.1) is 0 Å². The molecule has 0 radical (unpaired) electrons. The van der Waals surface area contributed by atoms with Crippen molar-refractivity contribution in [3.8, 4) is 0 Å². The van der Waals surface area contributed by atoms with Gasteiger partial charge in [0.05, 0.1) is 6.04 Å². The molecule has 10 heavy (non-hydrogen) atoms. The first kappa shape index (κ1) is 7.95. The van der Waals surface area contributed by atoms with E-state index < -0.39 is 0 Å². The molecule has 1 aliphatic rings. The molecule has 0 aromatic heterocycles. The van der Waals surface area contributed by atoms with Crippen LogP contribution in [0.15, 0.2) is 16.2 Å². The molecule has 0 aliphatic carbocycles. The van der Waals surface area contributed by atoms with Crippen molar-refractivity contribution in [3.05, 3.63) is 11.2 Å². The van der Waals surface area contributed by atoms with Crippen LogP contribution in [0.1, 0.15) is 6.92 Å². The highest BCUT2D eigenvalue weighted by Gasteiger charge is 2.07. The Morgan fingerprint density at radius 1 is 1.80 bits per heavy atom. The Kier molecular flexibility index (Phi) is 2.63. The van der Waals surface area contributed by atoms with E-state index in [-0.39, 0.29) is 6.04 Å². The standard InChI is InChI=1S/C6H9ClN2S/c1-4-3-5(7)9-6(8-4)10-2/h3-4H,1-2H3,(H,8,9). The number of rotatable bonds is 0. The quantitative estimate of drug-likeness (QED) is 0.569. The van der Waals surface area contributed by atoms with Gasteiger partial charge < -0.3 is 5.32 Å². The molecule has 0 spiro atoms. The van der Waals surface area contributed by atoms with Crippen molar-refractivity contribution in [1.29, 1.82) is 0 Å². The number of thioether (sulfide) groups is 1. The molecule has 0 saturated heterocycles. The third kappa shape index (κ3) is 1.92. The fourth-order valence-corrected chi connectivity index (χ4v) is 1.53. The summed E-state index contributed by atoms with van der Waals surface area (Å²) >= 11 is 7.31. The molecule has 0 saturated carbocycles. The van der Waals surface area contributed by atoms with E-state index in [4.69, 9.17) is 11.6 Å². The summed E-state index contributed by atoms with van der Waals surface area (Å²) in [5, 5.41) is 4.50. The second-order valence-electron chi connectivity index (χ2n) is 2.02. The van der Waals surface area contributed by atoms with Gasteiger partial charge in [0.1, 0.15) is 5.16 Å². The van der Waals surface area contributed by atoms with Gasteiger partial charge in [-0.05, 0) is 19.3 Å². The molecule has 1 unspecified atom stereocenters. The number of aliphatic imine (C=N–C) groups is 1. The molecule has 4 heteroatoms. The van der Waals surface area contributed by atoms with Gasteiger partial charge in [0.25, 0.3) is 0 Å². The first-order valence-corrected chi connectivity index (χ1v) is 4.59. The molecule has 1 heterocycles. The van der Waals surface area contributed by atoms with E-state index in [0.29, 0.717) is 5.16 Å². The van der Waals surface area contributed by atoms with Crippen LogP contribution in [0.3, 0.4) is 0 Å². The molecule has 2 nitrogen and oxygen atoms in total. The zero-order valence-electron chi connectivity index (χ0n) is 5.89. The molecule has 1 aliphatic heterocycles. The van der Waals surface area contributed by atoms with E-state index in [0.717, 1.165) is 5.17 Å². The minimum Gasteiger partial charge on any atom is -0.326 e. The van der Waals surface area contributed by atoms with Gasteiger partial charge in [-0.2, -0.15) is 0 Å². The zero-order valence-corrected chi connectivity index (χ0v) is 7.46. The van der Waals surface area contributed by atoms with E-state index in [2.05, 4.69) is 10.3 Å². The molecule has 0 fully saturated rings. The summed E-state index contributed by atoms with van der Waals surface area (Å²) in [4.78, 5) is 4.26. The summed E-state index contributed by atoms with van der Waals surface area (Å²) in [5.74, 6) is 0. The van der Waals surface area contributed by atoms with Crippen LogP contribution < -0.4 is 5.32 Å². The van der Waals surface area contributed by atoms with Crippen LogP contribution in [0.25, 0.3) is 0 Å². The average Bonchev–Trinajstić information content (AvgIpc) is 1.85. The Balaban J connectivity index is 2.65. The molecule has 0 aromatic rings. The van der Waals surface area contributed by atoms with Gasteiger partial charge in [-0.25, -0.2) is 0 Å². The number of amidine groups is 1. The van der Waals surface area contributed by atoms with Gasteiger partial charge in [0, 0.05) is 0 Å². The first-order chi connectivity index (χ1) is 4.72. The zero-order chi connectivity index (χ0) is 7.56. The number of nitrogens with zero attached hydrogens (tertiary/aromatic N) is 1. The first-order valence-electron chi connectivity index (χ1n) is 2.98. The van der Waals surface area contributed by atoms with E-state index in [1.807, 2.05) is 19.3 Å². The van der Waals surface area contributed by atoms with Crippen LogP contribution in [0.5, 0.6) is 0 Å². The second kappa shape index (κ2) is 3.30. The minimum atomic E-state index is 0.205. The monoisotopic (exact) mass is 176 g/mol. The van der Waals surface area contributed by atoms with Crippen LogP contribution in [0.2, 0.25) is 0 Å². The SMILES string of the molecule is CSC1=NC(C)C=C(Cl)N1. The largest absolute Gasteiger partial charge is 0.326 e. The summed E-state index contributed by atoms with van der Waals surface area (Å²) in [5.41, 5.74) is 0. The van der Waals surface area contributed by atoms with Crippen molar-refractivity contribution >= 4 is 28.5 Å². The highest BCUT2D eigenvalue weighted by molar-refractivity contribution is 8.13. The molecular formula is C6H9ClN2S. The van der Waals surface area contributed by atoms with Gasteiger partial charge in [0.15, 0.2) is 5.17 Å². The Bertz CT molecular complexity index is 188. The lowest BCUT2D eigenvalue weighted by Crippen LogP contribution is -2.23. The molecule has 0 aromatic carbocycles. The number of nitrogens with one attached hydrogen (secondary N) is 1. The van der Waals surface area contributed by atoms with Crippen molar-refractivity contribution in [1.82, 2.24) is 5.32 Å². The van der Waals surface area contributed by atoms with Gasteiger partial charge in [-0.15, -0.1) is 0 Å². The van der Waals surface area contributed by atoms with Gasteiger partial charge in [-0.3, -0.25) is 4.99 Å². The predicted octanol–water partition coefficient (Wildman–Crippen LogP) is 1.78.